The van der Waals surface area contributed by atoms with Crippen LogP contribution in [0, 0.1) is 0 Å². The largest absolute Gasteiger partial charge is 0.496 e. The molecule has 0 aliphatic heterocycles. The Morgan fingerprint density at radius 2 is 2.04 bits per heavy atom. The first kappa shape index (κ1) is 18.3. The highest BCUT2D eigenvalue weighted by Gasteiger charge is 2.18. The first-order valence-electron chi connectivity index (χ1n) is 8.57. The number of aromatic nitrogens is 4. The van der Waals surface area contributed by atoms with Crippen molar-refractivity contribution in [2.75, 3.05) is 18.6 Å². The summed E-state index contributed by atoms with van der Waals surface area (Å²) in [7, 11) is 1.64. The first-order valence-corrected chi connectivity index (χ1v) is 9.11. The van der Waals surface area contributed by atoms with Gasteiger partial charge in [0.25, 0.3) is 0 Å². The predicted octanol–water partition coefficient (Wildman–Crippen LogP) is 3.13. The van der Waals surface area contributed by atoms with Crippen molar-refractivity contribution >= 4 is 34.4 Å². The molecule has 0 unspecified atom stereocenters. The Balaban J connectivity index is 2.10. The Kier molecular flexibility index (Phi) is 5.46. The molecular weight excluding hydrogens is 352 g/mol. The summed E-state index contributed by atoms with van der Waals surface area (Å²) in [6.07, 6.45) is 2.89. The van der Waals surface area contributed by atoms with Gasteiger partial charge in [-0.1, -0.05) is 19.4 Å². The van der Waals surface area contributed by atoms with E-state index < -0.39 is 0 Å². The van der Waals surface area contributed by atoms with Crippen molar-refractivity contribution in [1.29, 1.82) is 0 Å². The molecule has 0 amide bonds. The van der Waals surface area contributed by atoms with E-state index in [0.29, 0.717) is 23.8 Å². The minimum absolute atomic E-state index is 0.161. The van der Waals surface area contributed by atoms with Crippen LogP contribution in [0.4, 0.5) is 11.8 Å². The van der Waals surface area contributed by atoms with Crippen LogP contribution in [-0.4, -0.2) is 26.9 Å². The van der Waals surface area contributed by atoms with E-state index in [9.17, 15) is 0 Å². The molecule has 0 saturated heterocycles. The Morgan fingerprint density at radius 1 is 1.23 bits per heavy atom. The summed E-state index contributed by atoms with van der Waals surface area (Å²) in [5, 5.41) is 4.75. The van der Waals surface area contributed by atoms with Crippen molar-refractivity contribution in [1.82, 2.24) is 19.7 Å². The summed E-state index contributed by atoms with van der Waals surface area (Å²) >= 11 is 5.98. The van der Waals surface area contributed by atoms with Gasteiger partial charge in [-0.25, -0.2) is 4.98 Å². The fraction of sp³-hybridized carbons (Fsp3) is 0.389. The standard InChI is InChI=1S/C18H23ClN6O/c1-3-4-5-13-15-16(17(20)23-18(21)22-15)25(24-13)10-12-8-11(9-19)6-7-14(12)26-2/h6-8H,3-5,9-10H2,1-2H3,(H4,20,21,22,23). The lowest BCUT2D eigenvalue weighted by atomic mass is 10.1. The Morgan fingerprint density at radius 3 is 2.73 bits per heavy atom. The Labute approximate surface area is 157 Å². The number of nitrogens with zero attached hydrogens (tertiary/aromatic N) is 4. The minimum atomic E-state index is 0.161. The van der Waals surface area contributed by atoms with Gasteiger partial charge in [0.2, 0.25) is 5.95 Å². The molecule has 0 bridgehead atoms. The molecule has 1 aromatic carbocycles. The molecule has 26 heavy (non-hydrogen) atoms. The molecule has 0 aliphatic carbocycles. The summed E-state index contributed by atoms with van der Waals surface area (Å²) in [6, 6.07) is 5.87. The molecule has 2 aromatic heterocycles. The first-order chi connectivity index (χ1) is 12.6. The van der Waals surface area contributed by atoms with Crippen LogP contribution in [0.15, 0.2) is 18.2 Å². The topological polar surface area (TPSA) is 105 Å². The normalized spacial score (nSPS) is 11.2. The van der Waals surface area contributed by atoms with Crippen LogP contribution in [0.25, 0.3) is 11.0 Å². The van der Waals surface area contributed by atoms with Crippen molar-refractivity contribution in [3.63, 3.8) is 0 Å². The van der Waals surface area contributed by atoms with Gasteiger partial charge in [-0.2, -0.15) is 10.1 Å². The lowest BCUT2D eigenvalue weighted by Gasteiger charge is -2.11. The third-order valence-corrected chi connectivity index (χ3v) is 4.60. The van der Waals surface area contributed by atoms with Crippen LogP contribution in [-0.2, 0) is 18.8 Å². The second-order valence-corrected chi connectivity index (χ2v) is 6.42. The zero-order valence-electron chi connectivity index (χ0n) is 15.0. The molecule has 8 heteroatoms. The van der Waals surface area contributed by atoms with E-state index >= 15 is 0 Å². The number of hydrogen-bond donors (Lipinski definition) is 2. The quantitative estimate of drug-likeness (QED) is 0.615. The molecule has 3 rings (SSSR count). The summed E-state index contributed by atoms with van der Waals surface area (Å²) in [5.74, 6) is 1.69. The summed E-state index contributed by atoms with van der Waals surface area (Å²) in [6.45, 7) is 2.62. The van der Waals surface area contributed by atoms with Gasteiger partial charge in [-0.15, -0.1) is 11.6 Å². The molecule has 0 radical (unpaired) electrons. The van der Waals surface area contributed by atoms with Crippen molar-refractivity contribution in [3.05, 3.63) is 35.0 Å². The predicted molar refractivity (Wildman–Crippen MR) is 104 cm³/mol. The molecule has 0 spiro atoms. The molecule has 0 saturated carbocycles. The molecule has 138 valence electrons. The number of alkyl halides is 1. The van der Waals surface area contributed by atoms with Crippen molar-refractivity contribution in [2.24, 2.45) is 0 Å². The molecule has 3 aromatic rings. The molecule has 0 fully saturated rings. The molecule has 7 nitrogen and oxygen atoms in total. The lowest BCUT2D eigenvalue weighted by Crippen LogP contribution is -2.07. The summed E-state index contributed by atoms with van der Waals surface area (Å²) in [4.78, 5) is 8.48. The third kappa shape index (κ3) is 3.53. The van der Waals surface area contributed by atoms with E-state index in [2.05, 4.69) is 16.9 Å². The number of anilines is 2. The van der Waals surface area contributed by atoms with Crippen LogP contribution in [0.5, 0.6) is 5.75 Å². The number of benzene rings is 1. The number of methoxy groups -OCH3 is 1. The van der Waals surface area contributed by atoms with Gasteiger partial charge >= 0.3 is 0 Å². The molecule has 0 aliphatic rings. The van der Waals surface area contributed by atoms with E-state index in [1.807, 2.05) is 22.9 Å². The van der Waals surface area contributed by atoms with Crippen LogP contribution in [0.2, 0.25) is 0 Å². The second-order valence-electron chi connectivity index (χ2n) is 6.15. The van der Waals surface area contributed by atoms with Crippen molar-refractivity contribution < 1.29 is 4.74 Å². The van der Waals surface area contributed by atoms with Crippen molar-refractivity contribution in [3.8, 4) is 5.75 Å². The van der Waals surface area contributed by atoms with E-state index in [-0.39, 0.29) is 5.95 Å². The number of aryl methyl sites for hydroxylation is 1. The van der Waals surface area contributed by atoms with Gasteiger partial charge in [0, 0.05) is 11.4 Å². The van der Waals surface area contributed by atoms with Gasteiger partial charge in [0.15, 0.2) is 5.82 Å². The molecule has 4 N–H and O–H groups in total. The van der Waals surface area contributed by atoms with Gasteiger partial charge in [0.1, 0.15) is 16.8 Å². The van der Waals surface area contributed by atoms with Crippen LogP contribution in [0.1, 0.15) is 36.6 Å². The van der Waals surface area contributed by atoms with Crippen LogP contribution >= 0.6 is 11.6 Å². The SMILES string of the molecule is CCCCc1nn(Cc2cc(CCl)ccc2OC)c2c(N)nc(N)nc12. The number of unbranched alkanes of at least 4 members (excludes halogenated alkanes) is 1. The van der Waals surface area contributed by atoms with E-state index in [1.165, 1.54) is 0 Å². The summed E-state index contributed by atoms with van der Waals surface area (Å²) < 4.78 is 7.31. The third-order valence-electron chi connectivity index (χ3n) is 4.29. The van der Waals surface area contributed by atoms with Gasteiger partial charge in [0.05, 0.1) is 19.3 Å². The second kappa shape index (κ2) is 7.78. The lowest BCUT2D eigenvalue weighted by molar-refractivity contribution is 0.407. The highest BCUT2D eigenvalue weighted by Crippen LogP contribution is 2.27. The molecule has 0 atom stereocenters. The number of halogens is 1. The van der Waals surface area contributed by atoms with Crippen LogP contribution in [0.3, 0.4) is 0 Å². The van der Waals surface area contributed by atoms with Gasteiger partial charge in [-0.3, -0.25) is 4.68 Å². The number of hydrogen-bond acceptors (Lipinski definition) is 6. The smallest absolute Gasteiger partial charge is 0.222 e. The fourth-order valence-corrected chi connectivity index (χ4v) is 3.18. The Bertz CT molecular complexity index is 924. The summed E-state index contributed by atoms with van der Waals surface area (Å²) in [5.41, 5.74) is 16.2. The highest BCUT2D eigenvalue weighted by molar-refractivity contribution is 6.17. The van der Waals surface area contributed by atoms with Crippen molar-refractivity contribution in [2.45, 2.75) is 38.6 Å². The van der Waals surface area contributed by atoms with E-state index in [4.69, 9.17) is 32.9 Å². The number of nitrogen functional groups attached to an aromatic ring is 2. The minimum Gasteiger partial charge on any atom is -0.496 e. The fourth-order valence-electron chi connectivity index (χ4n) is 3.02. The molecule has 2 heterocycles. The van der Waals surface area contributed by atoms with E-state index in [0.717, 1.165) is 47.3 Å². The maximum atomic E-state index is 6.14. The average Bonchev–Trinajstić information content (AvgIpc) is 2.97. The maximum Gasteiger partial charge on any atom is 0.222 e. The monoisotopic (exact) mass is 374 g/mol. The number of rotatable bonds is 7. The van der Waals surface area contributed by atoms with E-state index in [1.54, 1.807) is 7.11 Å². The Hall–Kier alpha value is -2.54. The maximum absolute atomic E-state index is 6.14. The highest BCUT2D eigenvalue weighted by atomic mass is 35.5. The van der Waals surface area contributed by atoms with Gasteiger partial charge < -0.3 is 16.2 Å². The zero-order valence-corrected chi connectivity index (χ0v) is 15.8. The number of nitrogens with two attached hydrogens (primary N) is 2. The zero-order chi connectivity index (χ0) is 18.7. The molecular formula is C18H23ClN6O. The number of ether oxygens (including phenoxy) is 1. The van der Waals surface area contributed by atoms with Gasteiger partial charge in [-0.05, 0) is 30.5 Å². The van der Waals surface area contributed by atoms with Crippen LogP contribution < -0.4 is 16.2 Å². The number of fused-ring (bicyclic) bond motifs is 1. The average molecular weight is 375 g/mol.